The molecule has 2 aromatic rings. The van der Waals surface area contributed by atoms with Crippen molar-refractivity contribution in [3.63, 3.8) is 0 Å². The van der Waals surface area contributed by atoms with Crippen LogP contribution >= 0.6 is 0 Å². The third-order valence-corrected chi connectivity index (χ3v) is 2.91. The van der Waals surface area contributed by atoms with E-state index >= 15 is 0 Å². The molecule has 0 amide bonds. The first-order valence-electron chi connectivity index (χ1n) is 5.63. The molecular weight excluding hydrogens is 234 g/mol. The molecule has 0 fully saturated rings. The highest BCUT2D eigenvalue weighted by Crippen LogP contribution is 2.34. The largest absolute Gasteiger partial charge is 0.489 e. The second-order valence-electron chi connectivity index (χ2n) is 4.08. The second-order valence-corrected chi connectivity index (χ2v) is 4.08. The summed E-state index contributed by atoms with van der Waals surface area (Å²) < 4.78 is 31.7. The normalized spacial score (nSPS) is 13.6. The molecule has 0 atom stereocenters. The average molecular weight is 244 g/mol. The summed E-state index contributed by atoms with van der Waals surface area (Å²) in [5.41, 5.74) is 2.43. The quantitative estimate of drug-likeness (QED) is 0.741. The third-order valence-electron chi connectivity index (χ3n) is 2.91. The van der Waals surface area contributed by atoms with E-state index in [0.29, 0.717) is 17.9 Å². The van der Waals surface area contributed by atoms with Crippen LogP contribution in [0.5, 0.6) is 5.75 Å². The minimum atomic E-state index is -0.313. The summed E-state index contributed by atoms with van der Waals surface area (Å²) in [6.07, 6.45) is 1.87. The van der Waals surface area contributed by atoms with Gasteiger partial charge in [0.1, 0.15) is 24.0 Å². The summed E-state index contributed by atoms with van der Waals surface area (Å²) in [5, 5.41) is 0. The Morgan fingerprint density at radius 1 is 0.889 bits per heavy atom. The van der Waals surface area contributed by atoms with Gasteiger partial charge in [-0.1, -0.05) is 12.1 Å². The number of rotatable bonds is 1. The summed E-state index contributed by atoms with van der Waals surface area (Å²) >= 11 is 0. The van der Waals surface area contributed by atoms with Crippen LogP contribution in [0, 0.1) is 11.6 Å². The maximum atomic E-state index is 13.3. The predicted octanol–water partition coefficient (Wildman–Crippen LogP) is 3.79. The van der Waals surface area contributed by atoms with Crippen molar-refractivity contribution < 1.29 is 13.5 Å². The van der Waals surface area contributed by atoms with Gasteiger partial charge in [-0.25, -0.2) is 8.78 Å². The van der Waals surface area contributed by atoms with Crippen molar-refractivity contribution in [2.24, 2.45) is 0 Å². The average Bonchev–Trinajstić information content (AvgIpc) is 2.39. The van der Waals surface area contributed by atoms with Crippen molar-refractivity contribution in [2.45, 2.75) is 0 Å². The fourth-order valence-corrected chi connectivity index (χ4v) is 2.07. The molecular formula is C15H10F2O. The molecule has 0 unspecified atom stereocenters. The van der Waals surface area contributed by atoms with Crippen LogP contribution in [0.4, 0.5) is 8.78 Å². The molecule has 0 saturated carbocycles. The van der Waals surface area contributed by atoms with Crippen LogP contribution in [-0.4, -0.2) is 6.61 Å². The van der Waals surface area contributed by atoms with E-state index in [0.717, 1.165) is 11.1 Å². The lowest BCUT2D eigenvalue weighted by atomic mass is 9.95. The Kier molecular flexibility index (Phi) is 2.59. The Morgan fingerprint density at radius 2 is 1.61 bits per heavy atom. The summed E-state index contributed by atoms with van der Waals surface area (Å²) in [4.78, 5) is 0. The SMILES string of the molecule is Fc1ccc(C2=CCOc3ccc(F)cc32)cc1. The standard InChI is InChI=1S/C15H10F2O/c16-11-3-1-10(2-4-11)13-7-8-18-15-6-5-12(17)9-14(13)15/h1-7,9H,8H2. The molecule has 1 heterocycles. The Bertz CT molecular complexity index is 615. The van der Waals surface area contributed by atoms with Gasteiger partial charge in [-0.2, -0.15) is 0 Å². The molecule has 3 rings (SSSR count). The number of ether oxygens (including phenoxy) is 1. The van der Waals surface area contributed by atoms with Gasteiger partial charge in [0.15, 0.2) is 0 Å². The lowest BCUT2D eigenvalue weighted by Crippen LogP contribution is -2.05. The maximum Gasteiger partial charge on any atom is 0.127 e. The molecule has 1 aliphatic heterocycles. The fraction of sp³-hybridized carbons (Fsp3) is 0.0667. The van der Waals surface area contributed by atoms with E-state index in [4.69, 9.17) is 4.74 Å². The van der Waals surface area contributed by atoms with E-state index in [9.17, 15) is 8.78 Å². The van der Waals surface area contributed by atoms with Crippen LogP contribution in [0.25, 0.3) is 5.57 Å². The van der Waals surface area contributed by atoms with Crippen molar-refractivity contribution in [3.05, 3.63) is 71.3 Å². The van der Waals surface area contributed by atoms with Gasteiger partial charge >= 0.3 is 0 Å². The number of fused-ring (bicyclic) bond motifs is 1. The van der Waals surface area contributed by atoms with E-state index in [1.807, 2.05) is 6.08 Å². The fourth-order valence-electron chi connectivity index (χ4n) is 2.07. The van der Waals surface area contributed by atoms with Crippen molar-refractivity contribution in [3.8, 4) is 5.75 Å². The summed E-state index contributed by atoms with van der Waals surface area (Å²) in [6.45, 7) is 0.436. The molecule has 18 heavy (non-hydrogen) atoms. The van der Waals surface area contributed by atoms with Crippen LogP contribution in [0.1, 0.15) is 11.1 Å². The maximum absolute atomic E-state index is 13.3. The molecule has 3 heteroatoms. The molecule has 1 aliphatic rings. The van der Waals surface area contributed by atoms with Crippen molar-refractivity contribution in [1.29, 1.82) is 0 Å². The molecule has 0 radical (unpaired) electrons. The highest BCUT2D eigenvalue weighted by atomic mass is 19.1. The molecule has 0 spiro atoms. The molecule has 0 N–H and O–H groups in total. The number of hydrogen-bond donors (Lipinski definition) is 0. The molecule has 90 valence electrons. The number of benzene rings is 2. The van der Waals surface area contributed by atoms with E-state index < -0.39 is 0 Å². The minimum Gasteiger partial charge on any atom is -0.489 e. The highest BCUT2D eigenvalue weighted by Gasteiger charge is 2.16. The zero-order valence-electron chi connectivity index (χ0n) is 9.49. The van der Waals surface area contributed by atoms with Gasteiger partial charge < -0.3 is 4.74 Å². The molecule has 0 aromatic heterocycles. The van der Waals surface area contributed by atoms with Gasteiger partial charge in [-0.15, -0.1) is 0 Å². The first-order valence-corrected chi connectivity index (χ1v) is 5.63. The van der Waals surface area contributed by atoms with Crippen molar-refractivity contribution >= 4 is 5.57 Å². The Labute approximate surface area is 103 Å². The first kappa shape index (κ1) is 11.0. The van der Waals surface area contributed by atoms with Crippen LogP contribution in [0.3, 0.4) is 0 Å². The number of halogens is 2. The smallest absolute Gasteiger partial charge is 0.127 e. The van der Waals surface area contributed by atoms with Gasteiger partial charge in [0.2, 0.25) is 0 Å². The first-order chi connectivity index (χ1) is 8.74. The molecule has 0 saturated heterocycles. The van der Waals surface area contributed by atoms with Crippen LogP contribution < -0.4 is 4.74 Å². The minimum absolute atomic E-state index is 0.286. The van der Waals surface area contributed by atoms with Gasteiger partial charge in [0.05, 0.1) is 0 Å². The monoisotopic (exact) mass is 244 g/mol. The summed E-state index contributed by atoms with van der Waals surface area (Å²) in [6, 6.07) is 10.6. The molecule has 0 aliphatic carbocycles. The second kappa shape index (κ2) is 4.26. The Morgan fingerprint density at radius 3 is 2.39 bits per heavy atom. The van der Waals surface area contributed by atoms with Gasteiger partial charge in [-0.05, 0) is 47.5 Å². The van der Waals surface area contributed by atoms with Crippen LogP contribution in [0.2, 0.25) is 0 Å². The zero-order valence-corrected chi connectivity index (χ0v) is 9.49. The van der Waals surface area contributed by atoms with Crippen LogP contribution in [-0.2, 0) is 0 Å². The zero-order chi connectivity index (χ0) is 12.5. The lowest BCUT2D eigenvalue weighted by Gasteiger charge is -2.19. The van der Waals surface area contributed by atoms with Gasteiger partial charge in [0, 0.05) is 5.56 Å². The van der Waals surface area contributed by atoms with Gasteiger partial charge in [-0.3, -0.25) is 0 Å². The van der Waals surface area contributed by atoms with E-state index in [1.54, 1.807) is 18.2 Å². The Balaban J connectivity index is 2.11. The number of hydrogen-bond acceptors (Lipinski definition) is 1. The lowest BCUT2D eigenvalue weighted by molar-refractivity contribution is 0.356. The van der Waals surface area contributed by atoms with E-state index in [1.165, 1.54) is 24.3 Å². The van der Waals surface area contributed by atoms with Gasteiger partial charge in [0.25, 0.3) is 0 Å². The summed E-state index contributed by atoms with van der Waals surface area (Å²) in [5.74, 6) is 0.0522. The molecule has 1 nitrogen and oxygen atoms in total. The van der Waals surface area contributed by atoms with E-state index in [2.05, 4.69) is 0 Å². The van der Waals surface area contributed by atoms with Crippen molar-refractivity contribution in [2.75, 3.05) is 6.61 Å². The topological polar surface area (TPSA) is 9.23 Å². The molecule has 0 bridgehead atoms. The van der Waals surface area contributed by atoms with Crippen molar-refractivity contribution in [1.82, 2.24) is 0 Å². The molecule has 2 aromatic carbocycles. The third kappa shape index (κ3) is 1.88. The summed E-state index contributed by atoms with van der Waals surface area (Å²) in [7, 11) is 0. The van der Waals surface area contributed by atoms with E-state index in [-0.39, 0.29) is 11.6 Å². The highest BCUT2D eigenvalue weighted by molar-refractivity contribution is 5.83. The predicted molar refractivity (Wildman–Crippen MR) is 65.4 cm³/mol. The van der Waals surface area contributed by atoms with Crippen LogP contribution in [0.15, 0.2) is 48.5 Å². The Hall–Kier alpha value is -2.16.